The monoisotopic (exact) mass is 528 g/mol. The maximum absolute atomic E-state index is 14.0. The van der Waals surface area contributed by atoms with Gasteiger partial charge in [0.05, 0.1) is 18.6 Å². The smallest absolute Gasteiger partial charge is 0.235 e. The molecule has 7 heteroatoms. The summed E-state index contributed by atoms with van der Waals surface area (Å²) in [4.78, 5) is 41.5. The lowest BCUT2D eigenvalue weighted by Crippen LogP contribution is -2.56. The predicted octanol–water partition coefficient (Wildman–Crippen LogP) is 5.25. The summed E-state index contributed by atoms with van der Waals surface area (Å²) in [5.74, 6) is -4.33. The highest BCUT2D eigenvalue weighted by Crippen LogP contribution is 2.49. The van der Waals surface area contributed by atoms with Gasteiger partial charge < -0.3 is 20.5 Å². The molecule has 0 saturated heterocycles. The van der Waals surface area contributed by atoms with E-state index in [0.717, 1.165) is 22.3 Å². The molecule has 1 aliphatic carbocycles. The van der Waals surface area contributed by atoms with Crippen LogP contribution < -0.4 is 15.4 Å². The zero-order valence-corrected chi connectivity index (χ0v) is 23.3. The third-order valence-electron chi connectivity index (χ3n) is 8.06. The molecule has 0 heterocycles. The van der Waals surface area contributed by atoms with Crippen molar-refractivity contribution in [3.05, 3.63) is 88.5 Å². The van der Waals surface area contributed by atoms with Gasteiger partial charge in [-0.25, -0.2) is 0 Å². The lowest BCUT2D eigenvalue weighted by molar-refractivity contribution is -0.150. The van der Waals surface area contributed by atoms with Gasteiger partial charge in [0, 0.05) is 23.7 Å². The zero-order valence-electron chi connectivity index (χ0n) is 23.3. The Hall–Kier alpha value is -3.97. The van der Waals surface area contributed by atoms with E-state index in [-0.39, 0.29) is 6.42 Å². The number of ether oxygens (including phenoxy) is 1. The number of hydrogen-bond donors (Lipinski definition) is 3. The summed E-state index contributed by atoms with van der Waals surface area (Å²) in [5.41, 5.74) is 3.80. The van der Waals surface area contributed by atoms with Gasteiger partial charge in [0.15, 0.2) is 0 Å². The average Bonchev–Trinajstić information content (AvgIpc) is 2.88. The molecule has 0 aliphatic heterocycles. The number of Topliss-reactive ketones (excluding diaryl/α,β-unsaturated/α-hetero) is 1. The number of amides is 2. The Kier molecular flexibility index (Phi) is 7.93. The third kappa shape index (κ3) is 5.45. The van der Waals surface area contributed by atoms with Gasteiger partial charge in [-0.05, 0) is 80.6 Å². The molecule has 0 bridgehead atoms. The minimum atomic E-state index is -1.71. The number of carbonyl (C=O) groups is 3. The largest absolute Gasteiger partial charge is 0.496 e. The predicted molar refractivity (Wildman–Crippen MR) is 152 cm³/mol. The van der Waals surface area contributed by atoms with Crippen molar-refractivity contribution in [1.82, 2.24) is 0 Å². The van der Waals surface area contributed by atoms with Crippen LogP contribution in [-0.4, -0.2) is 35.4 Å². The van der Waals surface area contributed by atoms with Gasteiger partial charge in [-0.1, -0.05) is 42.5 Å². The van der Waals surface area contributed by atoms with Gasteiger partial charge in [0.25, 0.3) is 0 Å². The van der Waals surface area contributed by atoms with Crippen LogP contribution in [0.15, 0.2) is 60.7 Å². The van der Waals surface area contributed by atoms with Crippen molar-refractivity contribution in [2.24, 2.45) is 11.8 Å². The third-order valence-corrected chi connectivity index (χ3v) is 8.06. The van der Waals surface area contributed by atoms with Crippen molar-refractivity contribution < 1.29 is 24.2 Å². The van der Waals surface area contributed by atoms with Crippen molar-refractivity contribution in [1.29, 1.82) is 0 Å². The van der Waals surface area contributed by atoms with Gasteiger partial charge in [-0.3, -0.25) is 14.4 Å². The topological polar surface area (TPSA) is 105 Å². The second kappa shape index (κ2) is 11.0. The Morgan fingerprint density at radius 2 is 1.38 bits per heavy atom. The number of carbonyl (C=O) groups excluding carboxylic acids is 3. The summed E-state index contributed by atoms with van der Waals surface area (Å²) in [5, 5.41) is 17.5. The Bertz CT molecular complexity index is 1430. The van der Waals surface area contributed by atoms with Crippen molar-refractivity contribution in [2.75, 3.05) is 17.7 Å². The molecule has 0 spiro atoms. The van der Waals surface area contributed by atoms with Crippen molar-refractivity contribution in [3.8, 4) is 5.75 Å². The second-order valence-electron chi connectivity index (χ2n) is 10.7. The minimum Gasteiger partial charge on any atom is -0.496 e. The van der Waals surface area contributed by atoms with E-state index < -0.39 is 41.0 Å². The molecular weight excluding hydrogens is 492 g/mol. The molecular formula is C32H36N2O5. The van der Waals surface area contributed by atoms with E-state index in [0.29, 0.717) is 22.7 Å². The molecule has 4 atom stereocenters. The summed E-state index contributed by atoms with van der Waals surface area (Å²) in [7, 11) is 1.50. The van der Waals surface area contributed by atoms with Crippen LogP contribution in [0.1, 0.15) is 47.1 Å². The van der Waals surface area contributed by atoms with E-state index in [9.17, 15) is 19.5 Å². The quantitative estimate of drug-likeness (QED) is 0.379. The summed E-state index contributed by atoms with van der Waals surface area (Å²) >= 11 is 0. The molecule has 0 radical (unpaired) electrons. The van der Waals surface area contributed by atoms with Crippen LogP contribution in [0.2, 0.25) is 0 Å². The lowest BCUT2D eigenvalue weighted by atomic mass is 9.61. The van der Waals surface area contributed by atoms with Gasteiger partial charge in [-0.15, -0.1) is 0 Å². The number of anilines is 2. The molecule has 3 aromatic rings. The number of nitrogens with one attached hydrogen (secondary N) is 2. The normalized spacial score (nSPS) is 22.7. The molecule has 3 N–H and O–H groups in total. The Morgan fingerprint density at radius 3 is 1.95 bits per heavy atom. The summed E-state index contributed by atoms with van der Waals surface area (Å²) < 4.78 is 5.61. The molecule has 7 nitrogen and oxygen atoms in total. The number of aliphatic hydroxyl groups is 1. The highest BCUT2D eigenvalue weighted by atomic mass is 16.5. The Balaban J connectivity index is 1.83. The molecule has 39 heavy (non-hydrogen) atoms. The summed E-state index contributed by atoms with van der Waals surface area (Å²) in [6, 6.07) is 18.2. The molecule has 204 valence electrons. The van der Waals surface area contributed by atoms with E-state index in [4.69, 9.17) is 4.74 Å². The van der Waals surface area contributed by atoms with Crippen LogP contribution in [0.5, 0.6) is 5.75 Å². The van der Waals surface area contributed by atoms with E-state index in [2.05, 4.69) is 10.6 Å². The van der Waals surface area contributed by atoms with E-state index in [1.54, 1.807) is 36.4 Å². The van der Waals surface area contributed by atoms with Crippen molar-refractivity contribution >= 4 is 29.0 Å². The van der Waals surface area contributed by atoms with Crippen LogP contribution in [0, 0.1) is 39.5 Å². The fourth-order valence-electron chi connectivity index (χ4n) is 5.60. The van der Waals surface area contributed by atoms with Crippen LogP contribution in [0.3, 0.4) is 0 Å². The number of aryl methyl sites for hydroxylation is 2. The van der Waals surface area contributed by atoms with Crippen LogP contribution in [-0.2, 0) is 14.4 Å². The first kappa shape index (κ1) is 28.0. The molecule has 4 unspecified atom stereocenters. The molecule has 1 saturated carbocycles. The lowest BCUT2D eigenvalue weighted by Gasteiger charge is -2.44. The fraction of sp³-hybridized carbons (Fsp3) is 0.344. The second-order valence-corrected chi connectivity index (χ2v) is 10.7. The maximum atomic E-state index is 14.0. The van der Waals surface area contributed by atoms with Crippen LogP contribution in [0.4, 0.5) is 11.4 Å². The number of hydrogen-bond acceptors (Lipinski definition) is 5. The van der Waals surface area contributed by atoms with E-state index >= 15 is 0 Å². The Labute approximate surface area is 229 Å². The SMILES string of the molecule is COc1ccccc1C1C(C(=O)Nc2cccc(C)c2C)C(=O)CC(C)(O)C1C(=O)Nc1cccc(C)c1C. The number of para-hydroxylation sites is 1. The number of methoxy groups -OCH3 is 1. The van der Waals surface area contributed by atoms with E-state index in [1.165, 1.54) is 14.0 Å². The number of ketones is 1. The maximum Gasteiger partial charge on any atom is 0.235 e. The first-order valence-electron chi connectivity index (χ1n) is 13.1. The standard InChI is InChI=1S/C32H36N2O5/c1-18-11-9-14-23(20(18)3)33-30(36)28-25(35)17-32(5,38)29(27(28)22-13-7-8-16-26(22)39-6)31(37)34-24-15-10-12-19(2)21(24)4/h7-16,27-29,38H,17H2,1-6H3,(H,33,36)(H,34,37). The molecule has 4 rings (SSSR count). The van der Waals surface area contributed by atoms with Gasteiger partial charge in [0.1, 0.15) is 17.5 Å². The zero-order chi connectivity index (χ0) is 28.5. The fourth-order valence-corrected chi connectivity index (χ4v) is 5.60. The van der Waals surface area contributed by atoms with E-state index in [1.807, 2.05) is 52.0 Å². The first-order valence-corrected chi connectivity index (χ1v) is 13.1. The summed E-state index contributed by atoms with van der Waals surface area (Å²) in [6.07, 6.45) is -0.339. The van der Waals surface area contributed by atoms with Crippen molar-refractivity contribution in [3.63, 3.8) is 0 Å². The van der Waals surface area contributed by atoms with Gasteiger partial charge in [0.2, 0.25) is 11.8 Å². The van der Waals surface area contributed by atoms with Crippen molar-refractivity contribution in [2.45, 2.75) is 52.6 Å². The molecule has 0 aromatic heterocycles. The number of benzene rings is 3. The molecule has 3 aromatic carbocycles. The summed E-state index contributed by atoms with van der Waals surface area (Å²) in [6.45, 7) is 9.19. The Morgan fingerprint density at radius 1 is 0.846 bits per heavy atom. The average molecular weight is 529 g/mol. The highest BCUT2D eigenvalue weighted by Gasteiger charge is 2.56. The van der Waals surface area contributed by atoms with Crippen LogP contribution >= 0.6 is 0 Å². The molecule has 1 fully saturated rings. The molecule has 2 amide bonds. The van der Waals surface area contributed by atoms with Gasteiger partial charge in [-0.2, -0.15) is 0 Å². The van der Waals surface area contributed by atoms with Gasteiger partial charge >= 0.3 is 0 Å². The molecule has 1 aliphatic rings. The minimum absolute atomic E-state index is 0.339. The number of rotatable bonds is 6. The van der Waals surface area contributed by atoms with Crippen LogP contribution in [0.25, 0.3) is 0 Å². The highest BCUT2D eigenvalue weighted by molar-refractivity contribution is 6.11. The first-order chi connectivity index (χ1) is 18.5.